The highest BCUT2D eigenvalue weighted by molar-refractivity contribution is 9.11. The molecule has 0 saturated carbocycles. The van der Waals surface area contributed by atoms with Crippen LogP contribution in [0.4, 0.5) is 0 Å². The molecule has 1 aromatic carbocycles. The molecule has 19 heavy (non-hydrogen) atoms. The molecule has 0 aliphatic rings. The van der Waals surface area contributed by atoms with E-state index in [1.54, 1.807) is 7.05 Å². The summed E-state index contributed by atoms with van der Waals surface area (Å²) in [6, 6.07) is 3.74. The first-order valence-electron chi connectivity index (χ1n) is 6.07. The van der Waals surface area contributed by atoms with Crippen molar-refractivity contribution in [2.24, 2.45) is 0 Å². The van der Waals surface area contributed by atoms with Crippen LogP contribution in [0.25, 0.3) is 0 Å². The third kappa shape index (κ3) is 5.12. The molecule has 0 spiro atoms. The average molecular weight is 394 g/mol. The topological polar surface area (TPSA) is 52.6 Å². The lowest BCUT2D eigenvalue weighted by atomic mass is 10.2. The molecule has 1 rings (SSSR count). The molecule has 106 valence electrons. The molecule has 0 aliphatic carbocycles. The number of phenols is 1. The zero-order chi connectivity index (χ0) is 14.4. The molecule has 0 bridgehead atoms. The molecular weight excluding hydrogens is 376 g/mol. The Morgan fingerprint density at radius 1 is 1.37 bits per heavy atom. The minimum atomic E-state index is 0.00496. The predicted octanol–water partition coefficient (Wildman–Crippen LogP) is 2.88. The van der Waals surface area contributed by atoms with E-state index in [1.165, 1.54) is 0 Å². The second-order valence-electron chi connectivity index (χ2n) is 4.29. The van der Waals surface area contributed by atoms with Crippen LogP contribution in [-0.4, -0.2) is 36.1 Å². The van der Waals surface area contributed by atoms with Gasteiger partial charge in [-0.1, -0.05) is 6.92 Å². The smallest absolute Gasteiger partial charge is 0.233 e. The van der Waals surface area contributed by atoms with Crippen LogP contribution in [0, 0.1) is 0 Å². The summed E-state index contributed by atoms with van der Waals surface area (Å²) in [5.41, 5.74) is 1.04. The Kier molecular flexibility index (Phi) is 6.82. The Hall–Kier alpha value is -0.590. The monoisotopic (exact) mass is 392 g/mol. The van der Waals surface area contributed by atoms with Gasteiger partial charge in [0.1, 0.15) is 5.75 Å². The number of nitrogens with one attached hydrogen (secondary N) is 1. The number of carbonyl (C=O) groups is 1. The Bertz CT molecular complexity index is 429. The van der Waals surface area contributed by atoms with Crippen molar-refractivity contribution in [3.63, 3.8) is 0 Å². The molecule has 0 heterocycles. The molecule has 6 heteroatoms. The standard InChI is InChI=1S/C13H18Br2N2O2/c1-3-4-17(8-12(18)16-2)7-9-5-10(14)13(19)11(15)6-9/h5-6,19H,3-4,7-8H2,1-2H3,(H,16,18). The number of hydrogen-bond donors (Lipinski definition) is 2. The van der Waals surface area contributed by atoms with Crippen molar-refractivity contribution in [1.29, 1.82) is 0 Å². The van der Waals surface area contributed by atoms with Crippen LogP contribution in [0.2, 0.25) is 0 Å². The maximum Gasteiger partial charge on any atom is 0.233 e. The van der Waals surface area contributed by atoms with Crippen molar-refractivity contribution in [3.8, 4) is 5.75 Å². The third-order valence-electron chi connectivity index (χ3n) is 2.67. The van der Waals surface area contributed by atoms with Gasteiger partial charge in [0.15, 0.2) is 0 Å². The van der Waals surface area contributed by atoms with Crippen LogP contribution < -0.4 is 5.32 Å². The van der Waals surface area contributed by atoms with Gasteiger partial charge in [0.05, 0.1) is 15.5 Å². The van der Waals surface area contributed by atoms with Crippen molar-refractivity contribution in [3.05, 3.63) is 26.6 Å². The summed E-state index contributed by atoms with van der Waals surface area (Å²) in [6.45, 7) is 3.97. The number of rotatable bonds is 6. The molecule has 1 amide bonds. The summed E-state index contributed by atoms with van der Waals surface area (Å²) in [4.78, 5) is 13.5. The number of likely N-dealkylation sites (N-methyl/N-ethyl adjacent to an activating group) is 1. The number of hydrogen-bond acceptors (Lipinski definition) is 3. The fourth-order valence-electron chi connectivity index (χ4n) is 1.78. The Morgan fingerprint density at radius 3 is 2.42 bits per heavy atom. The number of phenolic OH excluding ortho intramolecular Hbond substituents is 1. The van der Waals surface area contributed by atoms with Crippen molar-refractivity contribution in [1.82, 2.24) is 10.2 Å². The van der Waals surface area contributed by atoms with Gasteiger partial charge in [0.25, 0.3) is 0 Å². The molecular formula is C13H18Br2N2O2. The number of carbonyl (C=O) groups excluding carboxylic acids is 1. The summed E-state index contributed by atoms with van der Waals surface area (Å²) in [7, 11) is 1.64. The maximum absolute atomic E-state index is 11.5. The average Bonchev–Trinajstić information content (AvgIpc) is 2.36. The van der Waals surface area contributed by atoms with Crippen LogP contribution >= 0.6 is 31.9 Å². The van der Waals surface area contributed by atoms with E-state index >= 15 is 0 Å². The van der Waals surface area contributed by atoms with Crippen molar-refractivity contribution < 1.29 is 9.90 Å². The highest BCUT2D eigenvalue weighted by Gasteiger charge is 2.12. The first-order chi connectivity index (χ1) is 8.97. The lowest BCUT2D eigenvalue weighted by molar-refractivity contribution is -0.121. The first kappa shape index (κ1) is 16.5. The van der Waals surface area contributed by atoms with Gasteiger partial charge in [-0.25, -0.2) is 0 Å². The third-order valence-corrected chi connectivity index (χ3v) is 3.88. The Balaban J connectivity index is 2.81. The summed E-state index contributed by atoms with van der Waals surface area (Å²) >= 11 is 6.63. The summed E-state index contributed by atoms with van der Waals surface area (Å²) < 4.78 is 1.29. The Morgan fingerprint density at radius 2 is 1.95 bits per heavy atom. The van der Waals surface area contributed by atoms with E-state index in [-0.39, 0.29) is 11.7 Å². The molecule has 0 radical (unpaired) electrons. The van der Waals surface area contributed by atoms with Crippen LogP contribution in [0.3, 0.4) is 0 Å². The SMILES string of the molecule is CCCN(CC(=O)NC)Cc1cc(Br)c(O)c(Br)c1. The Labute approximate surface area is 130 Å². The zero-order valence-electron chi connectivity index (χ0n) is 11.0. The van der Waals surface area contributed by atoms with E-state index < -0.39 is 0 Å². The van der Waals surface area contributed by atoms with E-state index in [1.807, 2.05) is 12.1 Å². The molecule has 0 aromatic heterocycles. The van der Waals surface area contributed by atoms with E-state index in [9.17, 15) is 9.90 Å². The van der Waals surface area contributed by atoms with Gasteiger partial charge in [-0.3, -0.25) is 9.69 Å². The molecule has 4 nitrogen and oxygen atoms in total. The van der Waals surface area contributed by atoms with Crippen LogP contribution in [0.15, 0.2) is 21.1 Å². The minimum absolute atomic E-state index is 0.00496. The zero-order valence-corrected chi connectivity index (χ0v) is 14.2. The number of benzene rings is 1. The van der Waals surface area contributed by atoms with Gasteiger partial charge in [0, 0.05) is 13.6 Å². The van der Waals surface area contributed by atoms with Crippen LogP contribution in [0.1, 0.15) is 18.9 Å². The largest absolute Gasteiger partial charge is 0.506 e. The molecule has 1 aromatic rings. The highest BCUT2D eigenvalue weighted by Crippen LogP contribution is 2.33. The summed E-state index contributed by atoms with van der Waals surface area (Å²) in [5, 5.41) is 12.3. The van der Waals surface area contributed by atoms with Gasteiger partial charge < -0.3 is 10.4 Å². The lowest BCUT2D eigenvalue weighted by Crippen LogP contribution is -2.35. The van der Waals surface area contributed by atoms with Gasteiger partial charge in [-0.15, -0.1) is 0 Å². The highest BCUT2D eigenvalue weighted by atomic mass is 79.9. The lowest BCUT2D eigenvalue weighted by Gasteiger charge is -2.21. The molecule has 0 fully saturated rings. The van der Waals surface area contributed by atoms with Crippen molar-refractivity contribution >= 4 is 37.8 Å². The molecule has 0 saturated heterocycles. The van der Waals surface area contributed by atoms with Gasteiger partial charge >= 0.3 is 0 Å². The number of nitrogens with zero attached hydrogens (tertiary/aromatic N) is 1. The fraction of sp³-hybridized carbons (Fsp3) is 0.462. The van der Waals surface area contributed by atoms with Crippen molar-refractivity contribution in [2.75, 3.05) is 20.1 Å². The second kappa shape index (κ2) is 7.87. The van der Waals surface area contributed by atoms with Gasteiger partial charge in [-0.05, 0) is 62.5 Å². The number of aromatic hydroxyl groups is 1. The van der Waals surface area contributed by atoms with E-state index in [4.69, 9.17) is 0 Å². The molecule has 0 unspecified atom stereocenters. The van der Waals surface area contributed by atoms with Crippen LogP contribution in [-0.2, 0) is 11.3 Å². The fourth-order valence-corrected chi connectivity index (χ4v) is 3.06. The van der Waals surface area contributed by atoms with E-state index in [0.717, 1.165) is 18.5 Å². The van der Waals surface area contributed by atoms with Gasteiger partial charge in [-0.2, -0.15) is 0 Å². The van der Waals surface area contributed by atoms with Crippen LogP contribution in [0.5, 0.6) is 5.75 Å². The summed E-state index contributed by atoms with van der Waals surface area (Å²) in [5.74, 6) is 0.197. The quantitative estimate of drug-likeness (QED) is 0.781. The maximum atomic E-state index is 11.5. The predicted molar refractivity (Wildman–Crippen MR) is 83.1 cm³/mol. The van der Waals surface area contributed by atoms with Gasteiger partial charge in [0.2, 0.25) is 5.91 Å². The van der Waals surface area contributed by atoms with Crippen molar-refractivity contribution in [2.45, 2.75) is 19.9 Å². The normalized spacial score (nSPS) is 10.8. The van der Waals surface area contributed by atoms with E-state index in [2.05, 4.69) is 49.0 Å². The number of amides is 1. The second-order valence-corrected chi connectivity index (χ2v) is 6.00. The molecule has 0 atom stereocenters. The molecule has 2 N–H and O–H groups in total. The number of halogens is 2. The summed E-state index contributed by atoms with van der Waals surface area (Å²) in [6.07, 6.45) is 0.984. The minimum Gasteiger partial charge on any atom is -0.506 e. The molecule has 0 aliphatic heterocycles. The first-order valence-corrected chi connectivity index (χ1v) is 7.66. The van der Waals surface area contributed by atoms with E-state index in [0.29, 0.717) is 22.0 Å².